The van der Waals surface area contributed by atoms with Crippen LogP contribution in [0.2, 0.25) is 0 Å². The van der Waals surface area contributed by atoms with E-state index in [0.29, 0.717) is 6.04 Å². The highest BCUT2D eigenvalue weighted by Crippen LogP contribution is 2.24. The molecule has 2 aromatic rings. The third-order valence-electron chi connectivity index (χ3n) is 3.05. The van der Waals surface area contributed by atoms with Crippen LogP contribution < -0.4 is 5.32 Å². The highest BCUT2D eigenvalue weighted by atomic mass is 14.9. The van der Waals surface area contributed by atoms with Crippen LogP contribution in [0.15, 0.2) is 48.5 Å². The number of aryl methyl sites for hydroxylation is 1. The number of hydrogen-bond donors (Lipinski definition) is 1. The average molecular weight is 239 g/mol. The third-order valence-corrected chi connectivity index (χ3v) is 3.05. The van der Waals surface area contributed by atoms with Gasteiger partial charge in [0.2, 0.25) is 0 Å². The van der Waals surface area contributed by atoms with Crippen molar-refractivity contribution in [1.29, 1.82) is 0 Å². The maximum Gasteiger partial charge on any atom is 0.0214 e. The summed E-state index contributed by atoms with van der Waals surface area (Å²) in [7, 11) is 0. The zero-order valence-corrected chi connectivity index (χ0v) is 11.4. The lowest BCUT2D eigenvalue weighted by molar-refractivity contribution is 0.589. The Morgan fingerprint density at radius 2 is 1.78 bits per heavy atom. The Morgan fingerprint density at radius 1 is 1.00 bits per heavy atom. The first-order chi connectivity index (χ1) is 8.66. The lowest BCUT2D eigenvalue weighted by Crippen LogP contribution is -2.22. The summed E-state index contributed by atoms with van der Waals surface area (Å²) < 4.78 is 0. The molecule has 0 saturated heterocycles. The van der Waals surface area contributed by atoms with Crippen molar-refractivity contribution < 1.29 is 0 Å². The van der Waals surface area contributed by atoms with Gasteiger partial charge in [0.25, 0.3) is 0 Å². The Balaban J connectivity index is 2.32. The molecule has 0 fully saturated rings. The molecule has 1 N–H and O–H groups in total. The van der Waals surface area contributed by atoms with E-state index in [0.717, 1.165) is 6.54 Å². The molecule has 2 rings (SSSR count). The molecule has 2 aromatic carbocycles. The molecule has 0 atom stereocenters. The average Bonchev–Trinajstić information content (AvgIpc) is 2.36. The highest BCUT2D eigenvalue weighted by molar-refractivity contribution is 5.67. The normalized spacial score (nSPS) is 10.9. The van der Waals surface area contributed by atoms with Gasteiger partial charge in [0, 0.05) is 12.6 Å². The number of benzene rings is 2. The van der Waals surface area contributed by atoms with Crippen molar-refractivity contribution in [3.8, 4) is 11.1 Å². The summed E-state index contributed by atoms with van der Waals surface area (Å²) in [6, 6.07) is 17.8. The van der Waals surface area contributed by atoms with Crippen molar-refractivity contribution in [1.82, 2.24) is 5.32 Å². The SMILES string of the molecule is Cc1cccc(-c2ccccc2CNC(C)C)c1. The third kappa shape index (κ3) is 3.21. The van der Waals surface area contributed by atoms with E-state index in [2.05, 4.69) is 74.6 Å². The first-order valence-electron chi connectivity index (χ1n) is 6.55. The summed E-state index contributed by atoms with van der Waals surface area (Å²) in [4.78, 5) is 0. The standard InChI is InChI=1S/C17H21N/c1-13(2)18-12-16-8-4-5-10-17(16)15-9-6-7-14(3)11-15/h4-11,13,18H,12H2,1-3H3. The second-order valence-electron chi connectivity index (χ2n) is 5.06. The lowest BCUT2D eigenvalue weighted by Gasteiger charge is -2.13. The Hall–Kier alpha value is -1.60. The van der Waals surface area contributed by atoms with Crippen molar-refractivity contribution in [2.75, 3.05) is 0 Å². The second-order valence-corrected chi connectivity index (χ2v) is 5.06. The maximum atomic E-state index is 3.49. The molecule has 0 heterocycles. The molecule has 0 aliphatic heterocycles. The van der Waals surface area contributed by atoms with Crippen LogP contribution in [-0.4, -0.2) is 6.04 Å². The summed E-state index contributed by atoms with van der Waals surface area (Å²) in [6.45, 7) is 7.41. The summed E-state index contributed by atoms with van der Waals surface area (Å²) in [6.07, 6.45) is 0. The summed E-state index contributed by atoms with van der Waals surface area (Å²) in [5.41, 5.74) is 5.29. The summed E-state index contributed by atoms with van der Waals surface area (Å²) >= 11 is 0. The zero-order chi connectivity index (χ0) is 13.0. The van der Waals surface area contributed by atoms with Crippen LogP contribution in [-0.2, 0) is 6.54 Å². The zero-order valence-electron chi connectivity index (χ0n) is 11.4. The molecule has 0 spiro atoms. The van der Waals surface area contributed by atoms with Crippen molar-refractivity contribution >= 4 is 0 Å². The molecule has 18 heavy (non-hydrogen) atoms. The fourth-order valence-corrected chi connectivity index (χ4v) is 2.08. The molecular formula is C17H21N. The molecule has 1 heteroatoms. The molecule has 0 saturated carbocycles. The Morgan fingerprint density at radius 3 is 2.50 bits per heavy atom. The maximum absolute atomic E-state index is 3.49. The molecule has 0 amide bonds. The van der Waals surface area contributed by atoms with Gasteiger partial charge in [-0.25, -0.2) is 0 Å². The fraction of sp³-hybridized carbons (Fsp3) is 0.294. The van der Waals surface area contributed by atoms with Crippen LogP contribution in [0.5, 0.6) is 0 Å². The van der Waals surface area contributed by atoms with E-state index in [1.54, 1.807) is 0 Å². The Labute approximate surface area is 110 Å². The smallest absolute Gasteiger partial charge is 0.0214 e. The van der Waals surface area contributed by atoms with Gasteiger partial charge in [-0.1, -0.05) is 67.9 Å². The van der Waals surface area contributed by atoms with Crippen molar-refractivity contribution in [3.05, 3.63) is 59.7 Å². The molecule has 0 bridgehead atoms. The first kappa shape index (κ1) is 12.8. The fourth-order valence-electron chi connectivity index (χ4n) is 2.08. The summed E-state index contributed by atoms with van der Waals surface area (Å²) in [5.74, 6) is 0. The number of hydrogen-bond acceptors (Lipinski definition) is 1. The summed E-state index contributed by atoms with van der Waals surface area (Å²) in [5, 5.41) is 3.49. The van der Waals surface area contributed by atoms with E-state index >= 15 is 0 Å². The predicted molar refractivity (Wildman–Crippen MR) is 78.6 cm³/mol. The number of nitrogens with one attached hydrogen (secondary N) is 1. The second kappa shape index (κ2) is 5.83. The molecule has 0 radical (unpaired) electrons. The van der Waals surface area contributed by atoms with Gasteiger partial charge in [0.05, 0.1) is 0 Å². The molecule has 1 nitrogen and oxygen atoms in total. The van der Waals surface area contributed by atoms with E-state index in [-0.39, 0.29) is 0 Å². The minimum atomic E-state index is 0.510. The van der Waals surface area contributed by atoms with E-state index in [4.69, 9.17) is 0 Å². The Kier molecular flexibility index (Phi) is 4.16. The van der Waals surface area contributed by atoms with Crippen molar-refractivity contribution in [2.45, 2.75) is 33.4 Å². The molecule has 0 unspecified atom stereocenters. The quantitative estimate of drug-likeness (QED) is 0.844. The molecule has 94 valence electrons. The lowest BCUT2D eigenvalue weighted by atomic mass is 9.98. The van der Waals surface area contributed by atoms with E-state index in [9.17, 15) is 0 Å². The first-order valence-corrected chi connectivity index (χ1v) is 6.55. The number of rotatable bonds is 4. The van der Waals surface area contributed by atoms with Gasteiger partial charge < -0.3 is 5.32 Å². The van der Waals surface area contributed by atoms with Crippen molar-refractivity contribution in [3.63, 3.8) is 0 Å². The van der Waals surface area contributed by atoms with Crippen LogP contribution in [0.3, 0.4) is 0 Å². The van der Waals surface area contributed by atoms with Crippen LogP contribution >= 0.6 is 0 Å². The minimum Gasteiger partial charge on any atom is -0.310 e. The van der Waals surface area contributed by atoms with Gasteiger partial charge in [-0.2, -0.15) is 0 Å². The predicted octanol–water partition coefficient (Wildman–Crippen LogP) is 4.16. The van der Waals surface area contributed by atoms with E-state index in [1.165, 1.54) is 22.3 Å². The van der Waals surface area contributed by atoms with Gasteiger partial charge in [-0.15, -0.1) is 0 Å². The largest absolute Gasteiger partial charge is 0.310 e. The van der Waals surface area contributed by atoms with Gasteiger partial charge in [0.1, 0.15) is 0 Å². The van der Waals surface area contributed by atoms with Crippen LogP contribution in [0.1, 0.15) is 25.0 Å². The van der Waals surface area contributed by atoms with E-state index < -0.39 is 0 Å². The van der Waals surface area contributed by atoms with Crippen LogP contribution in [0, 0.1) is 6.92 Å². The van der Waals surface area contributed by atoms with Gasteiger partial charge in [-0.05, 0) is 23.6 Å². The molecule has 0 aromatic heterocycles. The van der Waals surface area contributed by atoms with E-state index in [1.807, 2.05) is 0 Å². The van der Waals surface area contributed by atoms with Crippen LogP contribution in [0.25, 0.3) is 11.1 Å². The monoisotopic (exact) mass is 239 g/mol. The van der Waals surface area contributed by atoms with Gasteiger partial charge in [0.15, 0.2) is 0 Å². The Bertz CT molecular complexity index is 515. The molecule has 0 aliphatic carbocycles. The van der Waals surface area contributed by atoms with Crippen molar-refractivity contribution in [2.24, 2.45) is 0 Å². The van der Waals surface area contributed by atoms with Gasteiger partial charge in [-0.3, -0.25) is 0 Å². The van der Waals surface area contributed by atoms with Gasteiger partial charge >= 0.3 is 0 Å². The minimum absolute atomic E-state index is 0.510. The molecule has 0 aliphatic rings. The highest BCUT2D eigenvalue weighted by Gasteiger charge is 2.04. The topological polar surface area (TPSA) is 12.0 Å². The van der Waals surface area contributed by atoms with Crippen LogP contribution in [0.4, 0.5) is 0 Å². The molecular weight excluding hydrogens is 218 g/mol.